The van der Waals surface area contributed by atoms with E-state index in [1.165, 1.54) is 0 Å². The van der Waals surface area contributed by atoms with E-state index in [0.29, 0.717) is 6.61 Å². The van der Waals surface area contributed by atoms with Crippen LogP contribution in [0.1, 0.15) is 39.0 Å². The largest absolute Gasteiger partial charge is 0.466 e. The van der Waals surface area contributed by atoms with Crippen LogP contribution < -0.4 is 0 Å². The first-order valence-electron chi connectivity index (χ1n) is 5.07. The summed E-state index contributed by atoms with van der Waals surface area (Å²) in [6, 6.07) is 0. The standard InChI is InChI=1S/C10H16O4/c1-2-13-9(11)6-7-10(12)14-8-4-3-5-8/h8H,2-7H2,1H3. The molecule has 0 heterocycles. The molecule has 0 aromatic rings. The van der Waals surface area contributed by atoms with Crippen molar-refractivity contribution in [2.24, 2.45) is 0 Å². The molecule has 0 aromatic heterocycles. The summed E-state index contributed by atoms with van der Waals surface area (Å²) >= 11 is 0. The molecule has 0 saturated heterocycles. The minimum atomic E-state index is -0.335. The minimum absolute atomic E-state index is 0.102. The molecule has 14 heavy (non-hydrogen) atoms. The number of rotatable bonds is 5. The molecule has 0 atom stereocenters. The van der Waals surface area contributed by atoms with Gasteiger partial charge in [0.1, 0.15) is 6.10 Å². The molecule has 1 rings (SSSR count). The molecule has 0 N–H and O–H groups in total. The highest BCUT2D eigenvalue weighted by Gasteiger charge is 2.21. The summed E-state index contributed by atoms with van der Waals surface area (Å²) in [5.74, 6) is -0.624. The summed E-state index contributed by atoms with van der Waals surface area (Å²) in [4.78, 5) is 22.0. The predicted octanol–water partition coefficient (Wildman–Crippen LogP) is 1.43. The van der Waals surface area contributed by atoms with Gasteiger partial charge in [-0.3, -0.25) is 9.59 Å². The second-order valence-corrected chi connectivity index (χ2v) is 3.35. The minimum Gasteiger partial charge on any atom is -0.466 e. The van der Waals surface area contributed by atoms with E-state index in [9.17, 15) is 9.59 Å². The molecule has 1 aliphatic carbocycles. The predicted molar refractivity (Wildman–Crippen MR) is 49.6 cm³/mol. The molecule has 0 spiro atoms. The highest BCUT2D eigenvalue weighted by Crippen LogP contribution is 2.22. The van der Waals surface area contributed by atoms with Crippen LogP contribution in [0.15, 0.2) is 0 Å². The lowest BCUT2D eigenvalue weighted by molar-refractivity contribution is -0.156. The van der Waals surface area contributed by atoms with Crippen LogP contribution in [-0.4, -0.2) is 24.6 Å². The summed E-state index contributed by atoms with van der Waals surface area (Å²) in [5.41, 5.74) is 0. The molecule has 4 nitrogen and oxygen atoms in total. The molecule has 0 aliphatic heterocycles. The number of carbonyl (C=O) groups is 2. The summed E-state index contributed by atoms with van der Waals surface area (Å²) in [5, 5.41) is 0. The third kappa shape index (κ3) is 3.77. The van der Waals surface area contributed by atoms with Crippen molar-refractivity contribution < 1.29 is 19.1 Å². The van der Waals surface area contributed by atoms with Crippen LogP contribution in [0.3, 0.4) is 0 Å². The average Bonchev–Trinajstić information content (AvgIpc) is 2.09. The highest BCUT2D eigenvalue weighted by atomic mass is 16.5. The topological polar surface area (TPSA) is 52.6 Å². The molecule has 0 unspecified atom stereocenters. The van der Waals surface area contributed by atoms with E-state index in [0.717, 1.165) is 19.3 Å². The maximum absolute atomic E-state index is 11.1. The molecular weight excluding hydrogens is 184 g/mol. The fourth-order valence-electron chi connectivity index (χ4n) is 1.17. The first-order valence-corrected chi connectivity index (χ1v) is 5.07. The van der Waals surface area contributed by atoms with Gasteiger partial charge in [0.2, 0.25) is 0 Å². The van der Waals surface area contributed by atoms with Gasteiger partial charge in [0.15, 0.2) is 0 Å². The van der Waals surface area contributed by atoms with Crippen molar-refractivity contribution in [3.05, 3.63) is 0 Å². The first kappa shape index (κ1) is 11.0. The molecule has 1 saturated carbocycles. The van der Waals surface area contributed by atoms with Gasteiger partial charge in [-0.2, -0.15) is 0 Å². The normalized spacial score (nSPS) is 15.8. The SMILES string of the molecule is CCOC(=O)CCC(=O)OC1CCC1. The van der Waals surface area contributed by atoms with Crippen molar-refractivity contribution >= 4 is 11.9 Å². The maximum Gasteiger partial charge on any atom is 0.306 e. The number of ether oxygens (including phenoxy) is 2. The van der Waals surface area contributed by atoms with E-state index in [4.69, 9.17) is 9.47 Å². The zero-order chi connectivity index (χ0) is 10.4. The van der Waals surface area contributed by atoms with Gasteiger partial charge in [0.25, 0.3) is 0 Å². The quantitative estimate of drug-likeness (QED) is 0.630. The van der Waals surface area contributed by atoms with Crippen molar-refractivity contribution in [1.82, 2.24) is 0 Å². The Balaban J connectivity index is 2.04. The van der Waals surface area contributed by atoms with Gasteiger partial charge in [-0.15, -0.1) is 0 Å². The summed E-state index contributed by atoms with van der Waals surface area (Å²) in [7, 11) is 0. The van der Waals surface area contributed by atoms with Crippen LogP contribution in [0.5, 0.6) is 0 Å². The lowest BCUT2D eigenvalue weighted by Gasteiger charge is -2.24. The Bertz CT molecular complexity index is 208. The van der Waals surface area contributed by atoms with Gasteiger partial charge >= 0.3 is 11.9 Å². The Morgan fingerprint density at radius 3 is 2.36 bits per heavy atom. The maximum atomic E-state index is 11.1. The summed E-state index contributed by atoms with van der Waals surface area (Å²) in [6.45, 7) is 2.10. The van der Waals surface area contributed by atoms with Crippen LogP contribution in [0, 0.1) is 0 Å². The molecule has 0 amide bonds. The highest BCUT2D eigenvalue weighted by molar-refractivity contribution is 5.77. The van der Waals surface area contributed by atoms with Crippen LogP contribution in [0.25, 0.3) is 0 Å². The summed E-state index contributed by atoms with van der Waals surface area (Å²) < 4.78 is 9.76. The van der Waals surface area contributed by atoms with E-state index in [1.54, 1.807) is 6.92 Å². The molecule has 0 bridgehead atoms. The van der Waals surface area contributed by atoms with Crippen molar-refractivity contribution in [2.75, 3.05) is 6.61 Å². The van der Waals surface area contributed by atoms with Crippen LogP contribution >= 0.6 is 0 Å². The Labute approximate surface area is 83.6 Å². The molecule has 80 valence electrons. The van der Waals surface area contributed by atoms with E-state index in [1.807, 2.05) is 0 Å². The van der Waals surface area contributed by atoms with Gasteiger partial charge in [-0.05, 0) is 26.2 Å². The van der Waals surface area contributed by atoms with E-state index in [2.05, 4.69) is 0 Å². The van der Waals surface area contributed by atoms with Crippen LogP contribution in [0.2, 0.25) is 0 Å². The Morgan fingerprint density at radius 1 is 1.21 bits per heavy atom. The fraction of sp³-hybridized carbons (Fsp3) is 0.800. The number of esters is 2. The molecular formula is C10H16O4. The second-order valence-electron chi connectivity index (χ2n) is 3.35. The van der Waals surface area contributed by atoms with Crippen molar-refractivity contribution in [3.63, 3.8) is 0 Å². The lowest BCUT2D eigenvalue weighted by Crippen LogP contribution is -2.25. The Kier molecular flexibility index (Phi) is 4.43. The molecule has 1 aliphatic rings. The molecule has 4 heteroatoms. The van der Waals surface area contributed by atoms with Crippen LogP contribution in [-0.2, 0) is 19.1 Å². The first-order chi connectivity index (χ1) is 6.72. The number of hydrogen-bond acceptors (Lipinski definition) is 4. The molecule has 0 aromatic carbocycles. The van der Waals surface area contributed by atoms with E-state index < -0.39 is 0 Å². The van der Waals surface area contributed by atoms with Crippen molar-refractivity contribution in [1.29, 1.82) is 0 Å². The third-order valence-electron chi connectivity index (χ3n) is 2.19. The Hall–Kier alpha value is -1.06. The van der Waals surface area contributed by atoms with Gasteiger partial charge in [0.05, 0.1) is 19.4 Å². The molecule has 0 radical (unpaired) electrons. The third-order valence-corrected chi connectivity index (χ3v) is 2.19. The number of hydrogen-bond donors (Lipinski definition) is 0. The van der Waals surface area contributed by atoms with E-state index in [-0.39, 0.29) is 30.9 Å². The number of carbonyl (C=O) groups excluding carboxylic acids is 2. The van der Waals surface area contributed by atoms with E-state index >= 15 is 0 Å². The second kappa shape index (κ2) is 5.62. The zero-order valence-corrected chi connectivity index (χ0v) is 8.45. The van der Waals surface area contributed by atoms with Gasteiger partial charge in [-0.1, -0.05) is 0 Å². The molecule has 1 fully saturated rings. The average molecular weight is 200 g/mol. The van der Waals surface area contributed by atoms with Crippen molar-refractivity contribution in [2.45, 2.75) is 45.1 Å². The smallest absolute Gasteiger partial charge is 0.306 e. The van der Waals surface area contributed by atoms with Crippen molar-refractivity contribution in [3.8, 4) is 0 Å². The Morgan fingerprint density at radius 2 is 1.86 bits per heavy atom. The van der Waals surface area contributed by atoms with Gasteiger partial charge < -0.3 is 9.47 Å². The summed E-state index contributed by atoms with van der Waals surface area (Å²) in [6.07, 6.45) is 3.42. The zero-order valence-electron chi connectivity index (χ0n) is 8.45. The monoisotopic (exact) mass is 200 g/mol. The van der Waals surface area contributed by atoms with Gasteiger partial charge in [0, 0.05) is 0 Å². The van der Waals surface area contributed by atoms with Crippen LogP contribution in [0.4, 0.5) is 0 Å². The van der Waals surface area contributed by atoms with Gasteiger partial charge in [-0.25, -0.2) is 0 Å². The fourth-order valence-corrected chi connectivity index (χ4v) is 1.17. The lowest BCUT2D eigenvalue weighted by atomic mass is 9.96.